The highest BCUT2D eigenvalue weighted by atomic mass is 16.6. The van der Waals surface area contributed by atoms with Gasteiger partial charge in [-0.3, -0.25) is 21.3 Å². The van der Waals surface area contributed by atoms with Crippen LogP contribution in [0, 0.1) is 0 Å². The van der Waals surface area contributed by atoms with E-state index in [9.17, 15) is 20.1 Å². The van der Waals surface area contributed by atoms with Gasteiger partial charge in [-0.25, -0.2) is 4.99 Å². The van der Waals surface area contributed by atoms with E-state index in [2.05, 4.69) is 15.3 Å². The molecule has 0 unspecified atom stereocenters. The van der Waals surface area contributed by atoms with Crippen molar-refractivity contribution in [1.29, 1.82) is 0 Å². The highest BCUT2D eigenvalue weighted by Gasteiger charge is 2.64. The summed E-state index contributed by atoms with van der Waals surface area (Å²) in [6, 6.07) is 0. The lowest BCUT2D eigenvalue weighted by Gasteiger charge is -2.44. The van der Waals surface area contributed by atoms with E-state index < -0.39 is 42.0 Å². The molecule has 128 valence electrons. The number of nitrogens with one attached hydrogen (secondary N) is 1. The molecule has 3 rings (SSSR count). The molecular weight excluding hydrogens is 308 g/mol. The second kappa shape index (κ2) is 4.69. The molecule has 11 heteroatoms. The van der Waals surface area contributed by atoms with Crippen LogP contribution in [0.15, 0.2) is 9.98 Å². The Labute approximate surface area is 131 Å². The summed E-state index contributed by atoms with van der Waals surface area (Å²) in [5, 5.41) is 32.5. The summed E-state index contributed by atoms with van der Waals surface area (Å²) < 4.78 is 5.67. The summed E-state index contributed by atoms with van der Waals surface area (Å²) in [5.41, 5.74) is 8.06. The molecule has 0 aromatic carbocycles. The third kappa shape index (κ3) is 2.09. The molecule has 0 bridgehead atoms. The summed E-state index contributed by atoms with van der Waals surface area (Å²) in [5.74, 6) is -2.35. The molecule has 0 saturated carbocycles. The second-order valence-corrected chi connectivity index (χ2v) is 6.21. The number of aliphatic imine (C=N–C) groups is 2. The van der Waals surface area contributed by atoms with Gasteiger partial charge in [0.2, 0.25) is 5.91 Å². The summed E-state index contributed by atoms with van der Waals surface area (Å²) in [6.07, 6.45) is -2.35. The minimum atomic E-state index is -1.82. The first-order valence-corrected chi connectivity index (χ1v) is 7.05. The van der Waals surface area contributed by atoms with Crippen LogP contribution < -0.4 is 16.8 Å². The van der Waals surface area contributed by atoms with E-state index in [-0.39, 0.29) is 18.2 Å². The zero-order valence-electron chi connectivity index (χ0n) is 12.7. The highest BCUT2D eigenvalue weighted by Crippen LogP contribution is 2.43. The zero-order chi connectivity index (χ0) is 17.2. The Bertz CT molecular complexity index is 617. The molecule has 0 aromatic heterocycles. The molecule has 0 spiro atoms. The van der Waals surface area contributed by atoms with Crippen LogP contribution in [0.3, 0.4) is 0 Å². The van der Waals surface area contributed by atoms with Crippen molar-refractivity contribution >= 4 is 17.5 Å². The van der Waals surface area contributed by atoms with Gasteiger partial charge in [0.05, 0.1) is 6.61 Å². The zero-order valence-corrected chi connectivity index (χ0v) is 12.7. The molecule has 0 aliphatic carbocycles. The normalized spacial score (nSPS) is 42.2. The Morgan fingerprint density at radius 3 is 2.70 bits per heavy atom. The second-order valence-electron chi connectivity index (χ2n) is 6.21. The van der Waals surface area contributed by atoms with Crippen LogP contribution in [0.25, 0.3) is 0 Å². The van der Waals surface area contributed by atoms with E-state index >= 15 is 0 Å². The average Bonchev–Trinajstić information content (AvgIpc) is 2.92. The van der Waals surface area contributed by atoms with Crippen LogP contribution in [0.1, 0.15) is 13.8 Å². The average molecular weight is 328 g/mol. The highest BCUT2D eigenvalue weighted by molar-refractivity contribution is 6.67. The number of nitrogens with two attached hydrogens (primary N) is 2. The molecule has 3 heterocycles. The summed E-state index contributed by atoms with van der Waals surface area (Å²) >= 11 is 0. The Morgan fingerprint density at radius 1 is 1.48 bits per heavy atom. The van der Waals surface area contributed by atoms with Crippen LogP contribution >= 0.6 is 0 Å². The fourth-order valence-electron chi connectivity index (χ4n) is 3.06. The van der Waals surface area contributed by atoms with Gasteiger partial charge in [0.15, 0.2) is 17.3 Å². The van der Waals surface area contributed by atoms with Gasteiger partial charge in [0.25, 0.3) is 5.91 Å². The van der Waals surface area contributed by atoms with Crippen LogP contribution in [-0.2, 0) is 9.53 Å². The topological polar surface area (TPSA) is 179 Å². The fraction of sp³-hybridized carbons (Fsp3) is 0.750. The number of rotatable bonds is 2. The van der Waals surface area contributed by atoms with Crippen molar-refractivity contribution in [3.63, 3.8) is 0 Å². The van der Waals surface area contributed by atoms with Gasteiger partial charge < -0.3 is 30.3 Å². The molecule has 3 aliphatic heterocycles. The number of nitrogens with zero attached hydrogens (tertiary/aromatic N) is 3. The molecule has 0 radical (unpaired) electrons. The number of carbonyl (C=O) groups is 1. The van der Waals surface area contributed by atoms with Gasteiger partial charge in [-0.2, -0.15) is 0 Å². The van der Waals surface area contributed by atoms with Gasteiger partial charge in [0.1, 0.15) is 24.5 Å². The van der Waals surface area contributed by atoms with Crippen LogP contribution in [0.5, 0.6) is 0 Å². The van der Waals surface area contributed by atoms with Gasteiger partial charge in [-0.15, -0.1) is 0 Å². The van der Waals surface area contributed by atoms with Crippen LogP contribution in [0.2, 0.25) is 0 Å². The number of ether oxygens (including phenoxy) is 1. The first-order chi connectivity index (χ1) is 10.5. The number of carbonyl (C=O) groups excluding carboxylic acids is 1. The van der Waals surface area contributed by atoms with E-state index in [1.54, 1.807) is 0 Å². The van der Waals surface area contributed by atoms with Crippen LogP contribution in [-0.4, -0.2) is 80.4 Å². The molecule has 1 amide bonds. The summed E-state index contributed by atoms with van der Waals surface area (Å²) in [4.78, 5) is 21.5. The summed E-state index contributed by atoms with van der Waals surface area (Å²) in [7, 11) is 0. The molecule has 3 aliphatic rings. The largest absolute Gasteiger partial charge is 0.394 e. The van der Waals surface area contributed by atoms with Crippen molar-refractivity contribution < 1.29 is 24.9 Å². The monoisotopic (exact) mass is 328 g/mol. The first-order valence-electron chi connectivity index (χ1n) is 7.05. The van der Waals surface area contributed by atoms with E-state index in [0.29, 0.717) is 0 Å². The third-order valence-corrected chi connectivity index (χ3v) is 4.60. The lowest BCUT2D eigenvalue weighted by molar-refractivity contribution is -0.186. The maximum atomic E-state index is 12.0. The molecule has 4 atom stereocenters. The molecule has 11 nitrogen and oxygen atoms in total. The van der Waals surface area contributed by atoms with Gasteiger partial charge in [0, 0.05) is 0 Å². The predicted octanol–water partition coefficient (Wildman–Crippen LogP) is -4.02. The smallest absolute Gasteiger partial charge is 0.277 e. The number of aliphatic hydroxyl groups is 3. The van der Waals surface area contributed by atoms with Crippen LogP contribution in [0.4, 0.5) is 0 Å². The van der Waals surface area contributed by atoms with E-state index in [1.807, 2.05) is 0 Å². The van der Waals surface area contributed by atoms with E-state index in [4.69, 9.17) is 16.2 Å². The minimum absolute atomic E-state index is 0.0130. The molecule has 1 saturated heterocycles. The molecule has 23 heavy (non-hydrogen) atoms. The van der Waals surface area contributed by atoms with Crippen molar-refractivity contribution in [2.45, 2.75) is 43.3 Å². The van der Waals surface area contributed by atoms with Crippen molar-refractivity contribution in [2.75, 3.05) is 13.3 Å². The third-order valence-electron chi connectivity index (χ3n) is 4.60. The number of hydrogen-bond donors (Lipinski definition) is 6. The lowest BCUT2D eigenvalue weighted by Crippen LogP contribution is -2.70. The quantitative estimate of drug-likeness (QED) is 0.277. The maximum absolute atomic E-state index is 12.0. The standard InChI is InChI=1S/C12H20N6O5/c1-10(22)7(20)5(3-19)23-11(10,2)18-4-15-6-8(18)16-12(13,14)17-9(6)21/h5,7,19-20,22H,3-4,13-14H2,1-2H3,(H,17,21)/t5-,7-,10-,11-/m1/s1. The molecule has 1 fully saturated rings. The number of amidine groups is 1. The van der Waals surface area contributed by atoms with Gasteiger partial charge >= 0.3 is 0 Å². The Kier molecular flexibility index (Phi) is 3.31. The van der Waals surface area contributed by atoms with Gasteiger partial charge in [-0.05, 0) is 13.8 Å². The minimum Gasteiger partial charge on any atom is -0.394 e. The van der Waals surface area contributed by atoms with Crippen molar-refractivity contribution in [2.24, 2.45) is 21.5 Å². The predicted molar refractivity (Wildman–Crippen MR) is 77.8 cm³/mol. The number of amides is 1. The first kappa shape index (κ1) is 16.2. The van der Waals surface area contributed by atoms with Crippen molar-refractivity contribution in [1.82, 2.24) is 10.2 Å². The molecule has 0 aromatic rings. The fourth-order valence-corrected chi connectivity index (χ4v) is 3.06. The number of fused-ring (bicyclic) bond motifs is 1. The SMILES string of the molecule is C[C@@]1(N2CN=C3C(=O)NC(N)(N)N=C32)O[C@H](CO)[C@@H](O)[C@@]1(C)O. The Balaban J connectivity index is 2.03. The van der Waals surface area contributed by atoms with E-state index in [0.717, 1.165) is 0 Å². The van der Waals surface area contributed by atoms with Crippen molar-refractivity contribution in [3.05, 3.63) is 0 Å². The molecular formula is C12H20N6O5. The molecule has 8 N–H and O–H groups in total. The Hall–Kier alpha value is -1.63. The summed E-state index contributed by atoms with van der Waals surface area (Å²) in [6.45, 7) is 2.34. The Morgan fingerprint density at radius 2 is 2.13 bits per heavy atom. The maximum Gasteiger partial charge on any atom is 0.277 e. The lowest BCUT2D eigenvalue weighted by atomic mass is 9.87. The van der Waals surface area contributed by atoms with Crippen molar-refractivity contribution in [3.8, 4) is 0 Å². The number of hydrogen-bond acceptors (Lipinski definition) is 10. The number of aliphatic hydroxyl groups excluding tert-OH is 2. The van der Waals surface area contributed by atoms with Gasteiger partial charge in [-0.1, -0.05) is 0 Å². The van der Waals surface area contributed by atoms with E-state index in [1.165, 1.54) is 18.7 Å².